The predicted octanol–water partition coefficient (Wildman–Crippen LogP) is 2.87. The van der Waals surface area contributed by atoms with Gasteiger partial charge in [0.2, 0.25) is 0 Å². The molecular weight excluding hydrogens is 233 g/mol. The van der Waals surface area contributed by atoms with Gasteiger partial charge in [-0.05, 0) is 36.7 Å². The van der Waals surface area contributed by atoms with Gasteiger partial charge in [0, 0.05) is 16.6 Å². The third kappa shape index (κ3) is 3.08. The second-order valence-corrected chi connectivity index (χ2v) is 4.51. The number of halogens is 2. The summed E-state index contributed by atoms with van der Waals surface area (Å²) >= 11 is 11.9. The van der Waals surface area contributed by atoms with Crippen LogP contribution in [-0.2, 0) is 11.3 Å². The molecule has 2 nitrogen and oxygen atoms in total. The van der Waals surface area contributed by atoms with Gasteiger partial charge in [0.25, 0.3) is 0 Å². The van der Waals surface area contributed by atoms with Gasteiger partial charge in [-0.15, -0.1) is 0 Å². The quantitative estimate of drug-likeness (QED) is 0.885. The average Bonchev–Trinajstić information content (AvgIpc) is 2.72. The molecule has 0 unspecified atom stereocenters. The molecule has 0 aromatic heterocycles. The molecule has 82 valence electrons. The van der Waals surface area contributed by atoms with Crippen molar-refractivity contribution < 1.29 is 4.74 Å². The van der Waals surface area contributed by atoms with E-state index in [0.717, 1.165) is 25.1 Å². The summed E-state index contributed by atoms with van der Waals surface area (Å²) in [7, 11) is 0. The minimum Gasteiger partial charge on any atom is -0.372 e. The first-order chi connectivity index (χ1) is 7.25. The third-order valence-corrected chi connectivity index (χ3v) is 3.10. The fourth-order valence-corrected chi connectivity index (χ4v) is 2.00. The summed E-state index contributed by atoms with van der Waals surface area (Å²) in [5, 5.41) is 4.66. The van der Waals surface area contributed by atoms with E-state index in [-0.39, 0.29) is 0 Å². The van der Waals surface area contributed by atoms with Crippen LogP contribution in [-0.4, -0.2) is 19.2 Å². The van der Waals surface area contributed by atoms with Crippen molar-refractivity contribution in [1.29, 1.82) is 0 Å². The maximum absolute atomic E-state index is 6.03. The molecule has 0 aliphatic carbocycles. The van der Waals surface area contributed by atoms with Crippen LogP contribution in [0.5, 0.6) is 0 Å². The normalized spacial score (nSPS) is 20.8. The standard InChI is InChI=1S/C11H13Cl2NO/c12-9-1-2-11(13)8(5-9)7-15-10-3-4-14-6-10/h1-2,5,10,14H,3-4,6-7H2/t10-/m1/s1. The van der Waals surface area contributed by atoms with E-state index in [0.29, 0.717) is 22.8 Å². The summed E-state index contributed by atoms with van der Waals surface area (Å²) in [5.74, 6) is 0. The van der Waals surface area contributed by atoms with Crippen molar-refractivity contribution in [1.82, 2.24) is 5.32 Å². The Morgan fingerprint density at radius 3 is 3.00 bits per heavy atom. The van der Waals surface area contributed by atoms with Crippen LogP contribution in [0.4, 0.5) is 0 Å². The van der Waals surface area contributed by atoms with Gasteiger partial charge in [-0.3, -0.25) is 0 Å². The Morgan fingerprint density at radius 2 is 2.27 bits per heavy atom. The van der Waals surface area contributed by atoms with Crippen molar-refractivity contribution in [2.24, 2.45) is 0 Å². The predicted molar refractivity (Wildman–Crippen MR) is 62.5 cm³/mol. The van der Waals surface area contributed by atoms with Crippen molar-refractivity contribution in [3.63, 3.8) is 0 Å². The van der Waals surface area contributed by atoms with Crippen molar-refractivity contribution in [2.45, 2.75) is 19.1 Å². The first-order valence-electron chi connectivity index (χ1n) is 5.02. The Labute approximate surface area is 99.5 Å². The highest BCUT2D eigenvalue weighted by Gasteiger charge is 2.15. The van der Waals surface area contributed by atoms with Crippen LogP contribution in [0, 0.1) is 0 Å². The molecule has 1 heterocycles. The Morgan fingerprint density at radius 1 is 1.40 bits per heavy atom. The van der Waals surface area contributed by atoms with Crippen LogP contribution < -0.4 is 5.32 Å². The number of nitrogens with one attached hydrogen (secondary N) is 1. The second-order valence-electron chi connectivity index (χ2n) is 3.66. The van der Waals surface area contributed by atoms with Crippen molar-refractivity contribution >= 4 is 23.2 Å². The van der Waals surface area contributed by atoms with E-state index in [1.54, 1.807) is 12.1 Å². The molecule has 1 aromatic carbocycles. The molecule has 1 fully saturated rings. The van der Waals surface area contributed by atoms with Gasteiger partial charge in [0.1, 0.15) is 0 Å². The van der Waals surface area contributed by atoms with Crippen LogP contribution in [0.1, 0.15) is 12.0 Å². The van der Waals surface area contributed by atoms with Crippen LogP contribution in [0.2, 0.25) is 10.0 Å². The topological polar surface area (TPSA) is 21.3 Å². The Bertz CT molecular complexity index is 337. The molecular formula is C11H13Cl2NO. The van der Waals surface area contributed by atoms with Crippen LogP contribution in [0.25, 0.3) is 0 Å². The third-order valence-electron chi connectivity index (χ3n) is 2.50. The summed E-state index contributed by atoms with van der Waals surface area (Å²) in [6.07, 6.45) is 1.37. The van der Waals surface area contributed by atoms with Crippen LogP contribution in [0.15, 0.2) is 18.2 Å². The largest absolute Gasteiger partial charge is 0.372 e. The molecule has 1 saturated heterocycles. The van der Waals surface area contributed by atoms with Gasteiger partial charge in [0.15, 0.2) is 0 Å². The summed E-state index contributed by atoms with van der Waals surface area (Å²) in [5.41, 5.74) is 0.955. The number of benzene rings is 1. The lowest BCUT2D eigenvalue weighted by Crippen LogP contribution is -2.16. The van der Waals surface area contributed by atoms with Crippen LogP contribution in [0.3, 0.4) is 0 Å². The molecule has 0 spiro atoms. The Balaban J connectivity index is 1.94. The van der Waals surface area contributed by atoms with E-state index >= 15 is 0 Å². The highest BCUT2D eigenvalue weighted by atomic mass is 35.5. The molecule has 1 N–H and O–H groups in total. The zero-order chi connectivity index (χ0) is 10.7. The second kappa shape index (κ2) is 5.17. The monoisotopic (exact) mass is 245 g/mol. The molecule has 0 bridgehead atoms. The lowest BCUT2D eigenvalue weighted by Gasteiger charge is -2.11. The number of hydrogen-bond donors (Lipinski definition) is 1. The molecule has 0 radical (unpaired) electrons. The summed E-state index contributed by atoms with van der Waals surface area (Å²) in [6, 6.07) is 5.44. The first kappa shape index (κ1) is 11.2. The molecule has 1 aliphatic rings. The van der Waals surface area contributed by atoms with Crippen LogP contribution >= 0.6 is 23.2 Å². The first-order valence-corrected chi connectivity index (χ1v) is 5.77. The van der Waals surface area contributed by atoms with Gasteiger partial charge >= 0.3 is 0 Å². The van der Waals surface area contributed by atoms with Gasteiger partial charge < -0.3 is 10.1 Å². The number of hydrogen-bond acceptors (Lipinski definition) is 2. The summed E-state index contributed by atoms with van der Waals surface area (Å²) in [6.45, 7) is 2.50. The molecule has 2 rings (SSSR count). The Hall–Kier alpha value is -0.280. The number of ether oxygens (including phenoxy) is 1. The van der Waals surface area contributed by atoms with E-state index in [1.807, 2.05) is 6.07 Å². The SMILES string of the molecule is Clc1ccc(Cl)c(CO[C@@H]2CCNC2)c1. The fourth-order valence-electron chi connectivity index (χ4n) is 1.63. The molecule has 1 aliphatic heterocycles. The minimum atomic E-state index is 0.306. The average molecular weight is 246 g/mol. The van der Waals surface area contributed by atoms with Crippen molar-refractivity contribution in [2.75, 3.05) is 13.1 Å². The van der Waals surface area contributed by atoms with Gasteiger partial charge in [0.05, 0.1) is 12.7 Å². The zero-order valence-electron chi connectivity index (χ0n) is 8.30. The lowest BCUT2D eigenvalue weighted by molar-refractivity contribution is 0.0543. The van der Waals surface area contributed by atoms with Crippen molar-refractivity contribution in [3.8, 4) is 0 Å². The van der Waals surface area contributed by atoms with E-state index < -0.39 is 0 Å². The Kier molecular flexibility index (Phi) is 3.87. The van der Waals surface area contributed by atoms with E-state index in [2.05, 4.69) is 5.32 Å². The fraction of sp³-hybridized carbons (Fsp3) is 0.455. The van der Waals surface area contributed by atoms with E-state index in [1.165, 1.54) is 0 Å². The molecule has 0 saturated carbocycles. The maximum Gasteiger partial charge on any atom is 0.0736 e. The van der Waals surface area contributed by atoms with Gasteiger partial charge in [-0.2, -0.15) is 0 Å². The highest BCUT2D eigenvalue weighted by molar-refractivity contribution is 6.33. The van der Waals surface area contributed by atoms with Gasteiger partial charge in [-0.1, -0.05) is 23.2 Å². The molecule has 0 amide bonds. The number of rotatable bonds is 3. The molecule has 4 heteroatoms. The molecule has 1 atom stereocenters. The minimum absolute atomic E-state index is 0.306. The molecule has 1 aromatic rings. The lowest BCUT2D eigenvalue weighted by atomic mass is 10.2. The summed E-state index contributed by atoms with van der Waals surface area (Å²) in [4.78, 5) is 0. The smallest absolute Gasteiger partial charge is 0.0736 e. The van der Waals surface area contributed by atoms with E-state index in [4.69, 9.17) is 27.9 Å². The zero-order valence-corrected chi connectivity index (χ0v) is 9.81. The maximum atomic E-state index is 6.03. The summed E-state index contributed by atoms with van der Waals surface area (Å²) < 4.78 is 5.72. The van der Waals surface area contributed by atoms with Gasteiger partial charge in [-0.25, -0.2) is 0 Å². The van der Waals surface area contributed by atoms with E-state index in [9.17, 15) is 0 Å². The highest BCUT2D eigenvalue weighted by Crippen LogP contribution is 2.22. The molecule has 15 heavy (non-hydrogen) atoms. The van der Waals surface area contributed by atoms with Crippen molar-refractivity contribution in [3.05, 3.63) is 33.8 Å².